The van der Waals surface area contributed by atoms with Crippen molar-refractivity contribution >= 4 is 27.6 Å². The van der Waals surface area contributed by atoms with Gasteiger partial charge in [-0.3, -0.25) is 14.4 Å². The second-order valence-electron chi connectivity index (χ2n) is 5.59. The minimum Gasteiger partial charge on any atom is -0.480 e. The molecule has 2 unspecified atom stereocenters. The van der Waals surface area contributed by atoms with Crippen molar-refractivity contribution in [2.45, 2.75) is 18.9 Å². The van der Waals surface area contributed by atoms with Gasteiger partial charge in [0.05, 0.1) is 17.4 Å². The highest BCUT2D eigenvalue weighted by Crippen LogP contribution is 2.24. The van der Waals surface area contributed by atoms with E-state index in [0.29, 0.717) is 0 Å². The van der Waals surface area contributed by atoms with Crippen molar-refractivity contribution in [3.63, 3.8) is 0 Å². The van der Waals surface area contributed by atoms with E-state index in [4.69, 9.17) is 5.11 Å². The third-order valence-electron chi connectivity index (χ3n) is 3.93. The zero-order chi connectivity index (χ0) is 15.8. The van der Waals surface area contributed by atoms with Crippen LogP contribution in [0.25, 0.3) is 0 Å². The second-order valence-corrected chi connectivity index (χ2v) is 7.82. The Morgan fingerprint density at radius 2 is 2.10 bits per heavy atom. The maximum atomic E-state index is 12.5. The number of carboxylic acids is 1. The second kappa shape index (κ2) is 5.63. The molecule has 1 N–H and O–H groups in total. The molecule has 2 heterocycles. The van der Waals surface area contributed by atoms with Gasteiger partial charge in [-0.05, 0) is 6.42 Å². The normalized spacial score (nSPS) is 27.9. The molecule has 9 heteroatoms. The van der Waals surface area contributed by atoms with Gasteiger partial charge in [0.25, 0.3) is 0 Å². The van der Waals surface area contributed by atoms with Crippen LogP contribution < -0.4 is 0 Å². The number of hydrogen-bond donors (Lipinski definition) is 1. The fourth-order valence-electron chi connectivity index (χ4n) is 2.82. The Bertz CT molecular complexity index is 572. The largest absolute Gasteiger partial charge is 0.480 e. The number of rotatable bonds is 4. The van der Waals surface area contributed by atoms with E-state index < -0.39 is 40.2 Å². The molecule has 0 saturated carbocycles. The standard InChI is InChI=1S/C12H18N2O6S/c1-13-5-8(4-10(13)15)12(18)14(6-11(16)17)9-2-3-21(19,20)7-9/h8-9H,2-7H2,1H3,(H,16,17). The van der Waals surface area contributed by atoms with Gasteiger partial charge >= 0.3 is 5.97 Å². The first-order chi connectivity index (χ1) is 9.69. The number of sulfone groups is 1. The van der Waals surface area contributed by atoms with Crippen LogP contribution in [0.5, 0.6) is 0 Å². The first-order valence-corrected chi connectivity index (χ1v) is 8.48. The van der Waals surface area contributed by atoms with Crippen molar-refractivity contribution in [1.82, 2.24) is 9.80 Å². The number of hydrogen-bond acceptors (Lipinski definition) is 5. The Morgan fingerprint density at radius 1 is 1.43 bits per heavy atom. The molecule has 0 aromatic rings. The molecular weight excluding hydrogens is 300 g/mol. The number of carbonyl (C=O) groups is 3. The molecule has 2 aliphatic rings. The molecule has 2 amide bonds. The van der Waals surface area contributed by atoms with E-state index in [0.717, 1.165) is 4.90 Å². The van der Waals surface area contributed by atoms with Crippen LogP contribution in [0.3, 0.4) is 0 Å². The summed E-state index contributed by atoms with van der Waals surface area (Å²) in [7, 11) is -1.64. The van der Waals surface area contributed by atoms with Crippen LogP contribution in [-0.2, 0) is 24.2 Å². The Balaban J connectivity index is 2.14. The fourth-order valence-corrected chi connectivity index (χ4v) is 4.55. The number of amides is 2. The van der Waals surface area contributed by atoms with Gasteiger partial charge in [0.2, 0.25) is 11.8 Å². The maximum absolute atomic E-state index is 12.5. The highest BCUT2D eigenvalue weighted by atomic mass is 32.2. The molecule has 118 valence electrons. The van der Waals surface area contributed by atoms with Crippen LogP contribution in [-0.4, -0.2) is 78.8 Å². The average molecular weight is 318 g/mol. The molecule has 2 saturated heterocycles. The summed E-state index contributed by atoms with van der Waals surface area (Å²) in [5.41, 5.74) is 0. The Hall–Kier alpha value is -1.64. The molecule has 0 spiro atoms. The van der Waals surface area contributed by atoms with Crippen molar-refractivity contribution in [3.05, 3.63) is 0 Å². The van der Waals surface area contributed by atoms with E-state index in [-0.39, 0.29) is 36.8 Å². The molecule has 2 rings (SSSR count). The lowest BCUT2D eigenvalue weighted by Gasteiger charge is -2.28. The number of carboxylic acid groups (broad SMARTS) is 1. The van der Waals surface area contributed by atoms with Gasteiger partial charge in [-0.1, -0.05) is 0 Å². The van der Waals surface area contributed by atoms with Crippen molar-refractivity contribution in [2.75, 3.05) is 31.6 Å². The monoisotopic (exact) mass is 318 g/mol. The summed E-state index contributed by atoms with van der Waals surface area (Å²) in [6.07, 6.45) is 0.294. The fraction of sp³-hybridized carbons (Fsp3) is 0.750. The van der Waals surface area contributed by atoms with E-state index in [1.54, 1.807) is 7.05 Å². The zero-order valence-corrected chi connectivity index (χ0v) is 12.5. The van der Waals surface area contributed by atoms with Gasteiger partial charge < -0.3 is 14.9 Å². The van der Waals surface area contributed by atoms with Crippen LogP contribution in [0.1, 0.15) is 12.8 Å². The van der Waals surface area contributed by atoms with Gasteiger partial charge in [0.15, 0.2) is 9.84 Å². The lowest BCUT2D eigenvalue weighted by atomic mass is 10.1. The summed E-state index contributed by atoms with van der Waals surface area (Å²) in [4.78, 5) is 37.5. The SMILES string of the molecule is CN1CC(C(=O)N(CC(=O)O)C2CCS(=O)(=O)C2)CC1=O. The molecule has 21 heavy (non-hydrogen) atoms. The van der Waals surface area contributed by atoms with E-state index in [1.807, 2.05) is 0 Å². The molecular formula is C12H18N2O6S. The molecule has 0 radical (unpaired) electrons. The summed E-state index contributed by atoms with van der Waals surface area (Å²) in [6, 6.07) is -0.611. The topological polar surface area (TPSA) is 112 Å². The molecule has 2 aliphatic heterocycles. The highest BCUT2D eigenvalue weighted by Gasteiger charge is 2.41. The Kier molecular flexibility index (Phi) is 4.22. The summed E-state index contributed by atoms with van der Waals surface area (Å²) in [6.45, 7) is -0.291. The van der Waals surface area contributed by atoms with E-state index in [1.165, 1.54) is 4.90 Å². The first kappa shape index (κ1) is 15.7. The minimum atomic E-state index is -3.22. The lowest BCUT2D eigenvalue weighted by molar-refractivity contribution is -0.147. The van der Waals surface area contributed by atoms with Gasteiger partial charge in [0, 0.05) is 26.1 Å². The number of aliphatic carboxylic acids is 1. The summed E-state index contributed by atoms with van der Waals surface area (Å²) in [5, 5.41) is 8.95. The zero-order valence-electron chi connectivity index (χ0n) is 11.7. The molecule has 8 nitrogen and oxygen atoms in total. The predicted octanol–water partition coefficient (Wildman–Crippen LogP) is -1.43. The van der Waals surface area contributed by atoms with Crippen LogP contribution in [0, 0.1) is 5.92 Å². The van der Waals surface area contributed by atoms with Crippen molar-refractivity contribution in [1.29, 1.82) is 0 Å². The number of nitrogens with zero attached hydrogens (tertiary/aromatic N) is 2. The summed E-state index contributed by atoms with van der Waals surface area (Å²) in [5.74, 6) is -2.64. The lowest BCUT2D eigenvalue weighted by Crippen LogP contribution is -2.47. The van der Waals surface area contributed by atoms with Crippen LogP contribution in [0.4, 0.5) is 0 Å². The maximum Gasteiger partial charge on any atom is 0.323 e. The van der Waals surface area contributed by atoms with Gasteiger partial charge in [-0.15, -0.1) is 0 Å². The smallest absolute Gasteiger partial charge is 0.323 e. The van der Waals surface area contributed by atoms with Crippen molar-refractivity contribution < 1.29 is 27.9 Å². The molecule has 0 aliphatic carbocycles. The first-order valence-electron chi connectivity index (χ1n) is 6.66. The third-order valence-corrected chi connectivity index (χ3v) is 5.68. The number of likely N-dealkylation sites (tertiary alicyclic amines) is 1. The molecule has 0 bridgehead atoms. The van der Waals surface area contributed by atoms with Crippen LogP contribution in [0.2, 0.25) is 0 Å². The third kappa shape index (κ3) is 3.52. The Morgan fingerprint density at radius 3 is 2.52 bits per heavy atom. The highest BCUT2D eigenvalue weighted by molar-refractivity contribution is 7.91. The quantitative estimate of drug-likeness (QED) is 0.680. The van der Waals surface area contributed by atoms with Crippen molar-refractivity contribution in [3.8, 4) is 0 Å². The summed E-state index contributed by atoms with van der Waals surface area (Å²) < 4.78 is 23.1. The van der Waals surface area contributed by atoms with Gasteiger partial charge in [-0.25, -0.2) is 8.42 Å². The minimum absolute atomic E-state index is 0.0371. The van der Waals surface area contributed by atoms with Gasteiger partial charge in [0.1, 0.15) is 6.54 Å². The molecule has 0 aromatic carbocycles. The predicted molar refractivity (Wildman–Crippen MR) is 72.2 cm³/mol. The molecule has 0 aromatic heterocycles. The van der Waals surface area contributed by atoms with E-state index in [2.05, 4.69) is 0 Å². The molecule has 2 fully saturated rings. The van der Waals surface area contributed by atoms with Crippen molar-refractivity contribution in [2.24, 2.45) is 5.92 Å². The van der Waals surface area contributed by atoms with E-state index in [9.17, 15) is 22.8 Å². The van der Waals surface area contributed by atoms with Crippen LogP contribution in [0.15, 0.2) is 0 Å². The van der Waals surface area contributed by atoms with E-state index >= 15 is 0 Å². The Labute approximate surface area is 122 Å². The van der Waals surface area contributed by atoms with Crippen LogP contribution >= 0.6 is 0 Å². The van der Waals surface area contributed by atoms with Gasteiger partial charge in [-0.2, -0.15) is 0 Å². The summed E-state index contributed by atoms with van der Waals surface area (Å²) >= 11 is 0. The molecule has 2 atom stereocenters. The average Bonchev–Trinajstić information content (AvgIpc) is 2.89. The number of carbonyl (C=O) groups excluding carboxylic acids is 2.